The van der Waals surface area contributed by atoms with Gasteiger partial charge >= 0.3 is 5.97 Å². The summed E-state index contributed by atoms with van der Waals surface area (Å²) in [6, 6.07) is 17.4. The van der Waals surface area contributed by atoms with Crippen molar-refractivity contribution in [1.29, 1.82) is 0 Å². The van der Waals surface area contributed by atoms with E-state index in [0.717, 1.165) is 22.4 Å². The van der Waals surface area contributed by atoms with Gasteiger partial charge in [0, 0.05) is 17.5 Å². The van der Waals surface area contributed by atoms with Crippen molar-refractivity contribution in [2.75, 3.05) is 17.7 Å². The van der Waals surface area contributed by atoms with Gasteiger partial charge in [-0.25, -0.2) is 4.79 Å². The van der Waals surface area contributed by atoms with Gasteiger partial charge in [-0.05, 0) is 45.4 Å². The second-order valence-corrected chi connectivity index (χ2v) is 10.3. The van der Waals surface area contributed by atoms with Crippen molar-refractivity contribution in [1.82, 2.24) is 14.8 Å². The number of ether oxygens (including phenoxy) is 2. The highest BCUT2D eigenvalue weighted by molar-refractivity contribution is 7.99. The molecular formula is C28H30N4O4S2. The summed E-state index contributed by atoms with van der Waals surface area (Å²) in [5.41, 5.74) is 3.14. The van der Waals surface area contributed by atoms with Gasteiger partial charge in [0.15, 0.2) is 17.1 Å². The van der Waals surface area contributed by atoms with Crippen LogP contribution in [-0.2, 0) is 16.1 Å². The van der Waals surface area contributed by atoms with Crippen molar-refractivity contribution in [3.63, 3.8) is 0 Å². The Labute approximate surface area is 230 Å². The van der Waals surface area contributed by atoms with E-state index >= 15 is 0 Å². The van der Waals surface area contributed by atoms with Crippen LogP contribution in [0.5, 0.6) is 5.75 Å². The Hall–Kier alpha value is -3.63. The molecule has 1 N–H and O–H groups in total. The van der Waals surface area contributed by atoms with Crippen molar-refractivity contribution in [2.45, 2.75) is 45.5 Å². The van der Waals surface area contributed by atoms with Crippen molar-refractivity contribution in [3.05, 3.63) is 76.9 Å². The fraction of sp³-hybridized carbons (Fsp3) is 0.286. The van der Waals surface area contributed by atoms with E-state index in [1.54, 1.807) is 6.92 Å². The lowest BCUT2D eigenvalue weighted by molar-refractivity contribution is -0.113. The molecule has 0 spiro atoms. The molecule has 0 fully saturated rings. The summed E-state index contributed by atoms with van der Waals surface area (Å²) < 4.78 is 13.3. The number of rotatable bonds is 11. The molecule has 0 saturated carbocycles. The van der Waals surface area contributed by atoms with Crippen LogP contribution in [0.25, 0.3) is 11.1 Å². The van der Waals surface area contributed by atoms with Crippen LogP contribution in [0.1, 0.15) is 48.6 Å². The van der Waals surface area contributed by atoms with Gasteiger partial charge in [0.25, 0.3) is 0 Å². The number of carbonyl (C=O) groups is 2. The highest BCUT2D eigenvalue weighted by atomic mass is 32.2. The molecule has 4 rings (SSSR count). The van der Waals surface area contributed by atoms with E-state index in [1.807, 2.05) is 85.3 Å². The van der Waals surface area contributed by atoms with E-state index in [-0.39, 0.29) is 24.4 Å². The number of aryl methyl sites for hydroxylation is 1. The molecule has 0 bridgehead atoms. The molecule has 2 heterocycles. The summed E-state index contributed by atoms with van der Waals surface area (Å²) in [4.78, 5) is 25.7. The number of nitrogens with zero attached hydrogens (tertiary/aromatic N) is 3. The Bertz CT molecular complexity index is 1380. The van der Waals surface area contributed by atoms with Crippen LogP contribution in [0.4, 0.5) is 5.00 Å². The van der Waals surface area contributed by atoms with E-state index in [0.29, 0.717) is 28.1 Å². The van der Waals surface area contributed by atoms with E-state index in [4.69, 9.17) is 9.47 Å². The summed E-state index contributed by atoms with van der Waals surface area (Å²) in [5, 5.41) is 14.5. The molecular weight excluding hydrogens is 520 g/mol. The topological polar surface area (TPSA) is 95.3 Å². The predicted molar refractivity (Wildman–Crippen MR) is 151 cm³/mol. The molecule has 0 aliphatic rings. The highest BCUT2D eigenvalue weighted by Crippen LogP contribution is 2.36. The maximum atomic E-state index is 12.9. The molecule has 0 saturated heterocycles. The van der Waals surface area contributed by atoms with Crippen molar-refractivity contribution < 1.29 is 19.1 Å². The van der Waals surface area contributed by atoms with E-state index in [9.17, 15) is 9.59 Å². The molecule has 0 aliphatic heterocycles. The number of hydrogen-bond acceptors (Lipinski definition) is 8. The molecule has 1 unspecified atom stereocenters. The van der Waals surface area contributed by atoms with Gasteiger partial charge in [-0.15, -0.1) is 21.5 Å². The zero-order valence-corrected chi connectivity index (χ0v) is 23.4. The molecule has 2 aromatic heterocycles. The first kappa shape index (κ1) is 27.4. The second kappa shape index (κ2) is 12.7. The van der Waals surface area contributed by atoms with E-state index in [1.165, 1.54) is 23.1 Å². The summed E-state index contributed by atoms with van der Waals surface area (Å²) >= 11 is 2.58. The SMILES string of the molecule is CCOC(=O)c1c(-c2ccccc2)csc1NC(=O)CSc1nnc(C(C)Oc2ccc(C)cc2)n1CC. The molecule has 38 heavy (non-hydrogen) atoms. The van der Waals surface area contributed by atoms with Crippen LogP contribution in [0.2, 0.25) is 0 Å². The van der Waals surface area contributed by atoms with Crippen LogP contribution < -0.4 is 10.1 Å². The lowest BCUT2D eigenvalue weighted by Gasteiger charge is -2.15. The molecule has 10 heteroatoms. The average molecular weight is 551 g/mol. The maximum absolute atomic E-state index is 12.9. The number of aromatic nitrogens is 3. The smallest absolute Gasteiger partial charge is 0.341 e. The minimum absolute atomic E-state index is 0.103. The molecule has 198 valence electrons. The molecule has 1 amide bonds. The third kappa shape index (κ3) is 6.43. The number of anilines is 1. The van der Waals surface area contributed by atoms with Gasteiger partial charge < -0.3 is 19.4 Å². The predicted octanol–water partition coefficient (Wildman–Crippen LogP) is 6.38. The van der Waals surface area contributed by atoms with E-state index < -0.39 is 5.97 Å². The number of nitrogens with one attached hydrogen (secondary N) is 1. The zero-order chi connectivity index (χ0) is 27.1. The number of carbonyl (C=O) groups excluding carboxylic acids is 2. The summed E-state index contributed by atoms with van der Waals surface area (Å²) in [5.74, 6) is 0.829. The van der Waals surface area contributed by atoms with Crippen LogP contribution >= 0.6 is 23.1 Å². The molecule has 0 aliphatic carbocycles. The maximum Gasteiger partial charge on any atom is 0.341 e. The van der Waals surface area contributed by atoms with Crippen molar-refractivity contribution in [2.24, 2.45) is 0 Å². The number of hydrogen-bond donors (Lipinski definition) is 1. The van der Waals surface area contributed by atoms with Crippen LogP contribution in [0.15, 0.2) is 65.1 Å². The number of amides is 1. The van der Waals surface area contributed by atoms with Gasteiger partial charge in [-0.3, -0.25) is 4.79 Å². The molecule has 4 aromatic rings. The Morgan fingerprint density at radius 1 is 1.08 bits per heavy atom. The first-order valence-electron chi connectivity index (χ1n) is 12.3. The molecule has 1 atom stereocenters. The highest BCUT2D eigenvalue weighted by Gasteiger charge is 2.24. The largest absolute Gasteiger partial charge is 0.483 e. The minimum atomic E-state index is -0.464. The molecule has 2 aromatic carbocycles. The molecule has 8 nitrogen and oxygen atoms in total. The molecule has 0 radical (unpaired) electrons. The van der Waals surface area contributed by atoms with Gasteiger partial charge in [0.2, 0.25) is 5.91 Å². The van der Waals surface area contributed by atoms with E-state index in [2.05, 4.69) is 15.5 Å². The second-order valence-electron chi connectivity index (χ2n) is 8.44. The van der Waals surface area contributed by atoms with Crippen LogP contribution in [-0.4, -0.2) is 39.0 Å². The van der Waals surface area contributed by atoms with Crippen LogP contribution in [0, 0.1) is 6.92 Å². The normalized spacial score (nSPS) is 11.7. The first-order valence-corrected chi connectivity index (χ1v) is 14.2. The standard InChI is InChI=1S/C28H30N4O4S2/c1-5-32-25(19(4)36-21-14-12-18(3)13-15-21)30-31-28(32)38-17-23(33)29-26-24(27(34)35-6-2)22(16-37-26)20-10-8-7-9-11-20/h7-16,19H,5-6,17H2,1-4H3,(H,29,33). The van der Waals surface area contributed by atoms with Gasteiger partial charge in [0.05, 0.1) is 12.4 Å². The van der Waals surface area contributed by atoms with Gasteiger partial charge in [-0.2, -0.15) is 0 Å². The number of thioether (sulfide) groups is 1. The van der Waals surface area contributed by atoms with Crippen molar-refractivity contribution in [3.8, 4) is 16.9 Å². The Balaban J connectivity index is 1.45. The number of esters is 1. The summed E-state index contributed by atoms with van der Waals surface area (Å²) in [7, 11) is 0. The number of thiophene rings is 1. The lowest BCUT2D eigenvalue weighted by Crippen LogP contribution is -2.17. The third-order valence-electron chi connectivity index (χ3n) is 5.70. The minimum Gasteiger partial charge on any atom is -0.483 e. The van der Waals surface area contributed by atoms with Crippen LogP contribution in [0.3, 0.4) is 0 Å². The Kier molecular flexibility index (Phi) is 9.19. The zero-order valence-electron chi connectivity index (χ0n) is 21.8. The summed E-state index contributed by atoms with van der Waals surface area (Å²) in [6.45, 7) is 8.58. The summed E-state index contributed by atoms with van der Waals surface area (Å²) in [6.07, 6.45) is -0.317. The lowest BCUT2D eigenvalue weighted by atomic mass is 10.0. The Morgan fingerprint density at radius 3 is 2.50 bits per heavy atom. The van der Waals surface area contributed by atoms with Crippen molar-refractivity contribution >= 4 is 40.0 Å². The fourth-order valence-corrected chi connectivity index (χ4v) is 5.64. The third-order valence-corrected chi connectivity index (χ3v) is 7.56. The quantitative estimate of drug-likeness (QED) is 0.171. The first-order chi connectivity index (χ1) is 18.4. The van der Waals surface area contributed by atoms with Gasteiger partial charge in [-0.1, -0.05) is 59.8 Å². The average Bonchev–Trinajstić information content (AvgIpc) is 3.53. The number of benzene rings is 2. The Morgan fingerprint density at radius 2 is 1.82 bits per heavy atom. The fourth-order valence-electron chi connectivity index (χ4n) is 3.86. The monoisotopic (exact) mass is 550 g/mol. The van der Waals surface area contributed by atoms with Gasteiger partial charge in [0.1, 0.15) is 16.3 Å².